The molecule has 0 unspecified atom stereocenters. The second kappa shape index (κ2) is 5.55. The molecule has 0 aliphatic carbocycles. The lowest BCUT2D eigenvalue weighted by atomic mass is 10.2. The molecule has 6 heteroatoms. The molecule has 0 fully saturated rings. The summed E-state index contributed by atoms with van der Waals surface area (Å²) in [7, 11) is 0. The molecule has 4 nitrogen and oxygen atoms in total. The number of nitrogens with zero attached hydrogens (tertiary/aromatic N) is 4. The van der Waals surface area contributed by atoms with Gasteiger partial charge in [-0.3, -0.25) is 4.68 Å². The molecule has 0 aliphatic heterocycles. The maximum absolute atomic E-state index is 5.85. The summed E-state index contributed by atoms with van der Waals surface area (Å²) in [6.07, 6.45) is 3.80. The van der Waals surface area contributed by atoms with E-state index in [9.17, 15) is 0 Å². The molecule has 0 bridgehead atoms. The van der Waals surface area contributed by atoms with Crippen LogP contribution in [0, 0.1) is 0 Å². The van der Waals surface area contributed by atoms with E-state index in [1.807, 2.05) is 35.3 Å². The van der Waals surface area contributed by atoms with E-state index >= 15 is 0 Å². The lowest BCUT2D eigenvalue weighted by Gasteiger charge is -2.00. The Morgan fingerprint density at radius 3 is 2.58 bits per heavy atom. The maximum Gasteiger partial charge on any atom is 0.129 e. The van der Waals surface area contributed by atoms with Crippen molar-refractivity contribution in [3.05, 3.63) is 41.8 Å². The van der Waals surface area contributed by atoms with Crippen LogP contribution in [0.1, 0.15) is 6.92 Å². The summed E-state index contributed by atoms with van der Waals surface area (Å²) in [5, 5.41) is 4.73. The highest BCUT2D eigenvalue weighted by atomic mass is 35.5. The SMILES string of the molecule is CCn1cc(-c2ccc3nc(Cl)ccc3n2)cn1.Cl. The summed E-state index contributed by atoms with van der Waals surface area (Å²) < 4.78 is 1.88. The number of aromatic nitrogens is 4. The molecule has 0 saturated carbocycles. The van der Waals surface area contributed by atoms with Crippen molar-refractivity contribution >= 4 is 35.0 Å². The molecule has 19 heavy (non-hydrogen) atoms. The number of hydrogen-bond acceptors (Lipinski definition) is 3. The highest BCUT2D eigenvalue weighted by molar-refractivity contribution is 6.29. The zero-order valence-electron chi connectivity index (χ0n) is 10.2. The number of aryl methyl sites for hydroxylation is 1. The van der Waals surface area contributed by atoms with Crippen LogP contribution < -0.4 is 0 Å². The van der Waals surface area contributed by atoms with E-state index in [2.05, 4.69) is 22.0 Å². The van der Waals surface area contributed by atoms with Crippen molar-refractivity contribution in [2.75, 3.05) is 0 Å². The Morgan fingerprint density at radius 2 is 1.84 bits per heavy atom. The van der Waals surface area contributed by atoms with Crippen LogP contribution in [0.5, 0.6) is 0 Å². The smallest absolute Gasteiger partial charge is 0.129 e. The van der Waals surface area contributed by atoms with Gasteiger partial charge in [-0.25, -0.2) is 9.97 Å². The van der Waals surface area contributed by atoms with Gasteiger partial charge in [-0.15, -0.1) is 12.4 Å². The molecule has 3 aromatic heterocycles. The Labute approximate surface area is 121 Å². The zero-order valence-corrected chi connectivity index (χ0v) is 11.8. The highest BCUT2D eigenvalue weighted by Crippen LogP contribution is 2.20. The minimum absolute atomic E-state index is 0. The molecule has 0 aliphatic rings. The van der Waals surface area contributed by atoms with Gasteiger partial charge in [0.25, 0.3) is 0 Å². The van der Waals surface area contributed by atoms with Crippen LogP contribution in [0.4, 0.5) is 0 Å². The maximum atomic E-state index is 5.85. The van der Waals surface area contributed by atoms with Crippen LogP contribution in [0.25, 0.3) is 22.3 Å². The second-order valence-electron chi connectivity index (χ2n) is 3.95. The van der Waals surface area contributed by atoms with Crippen molar-refractivity contribution in [3.8, 4) is 11.3 Å². The van der Waals surface area contributed by atoms with E-state index in [4.69, 9.17) is 11.6 Å². The van der Waals surface area contributed by atoms with Crippen molar-refractivity contribution in [1.29, 1.82) is 0 Å². The summed E-state index contributed by atoms with van der Waals surface area (Å²) >= 11 is 5.85. The fourth-order valence-corrected chi connectivity index (χ4v) is 1.97. The summed E-state index contributed by atoms with van der Waals surface area (Å²) in [6, 6.07) is 7.48. The molecule has 0 spiro atoms. The van der Waals surface area contributed by atoms with Crippen LogP contribution in [0.15, 0.2) is 36.7 Å². The fraction of sp³-hybridized carbons (Fsp3) is 0.154. The summed E-state index contributed by atoms with van der Waals surface area (Å²) in [4.78, 5) is 8.77. The van der Waals surface area contributed by atoms with E-state index in [1.54, 1.807) is 6.07 Å². The molecule has 0 radical (unpaired) electrons. The lowest BCUT2D eigenvalue weighted by Crippen LogP contribution is -1.92. The Kier molecular flexibility index (Phi) is 4.02. The number of pyridine rings is 2. The third-order valence-electron chi connectivity index (χ3n) is 2.76. The third-order valence-corrected chi connectivity index (χ3v) is 2.97. The van der Waals surface area contributed by atoms with E-state index in [1.165, 1.54) is 0 Å². The van der Waals surface area contributed by atoms with Crippen molar-refractivity contribution in [3.63, 3.8) is 0 Å². The van der Waals surface area contributed by atoms with Crippen LogP contribution in [-0.2, 0) is 6.54 Å². The van der Waals surface area contributed by atoms with E-state index < -0.39 is 0 Å². The first-order chi connectivity index (χ1) is 8.76. The van der Waals surface area contributed by atoms with E-state index in [0.717, 1.165) is 28.8 Å². The molecule has 0 saturated heterocycles. The third kappa shape index (κ3) is 2.69. The van der Waals surface area contributed by atoms with Gasteiger partial charge in [0.05, 0.1) is 22.9 Å². The van der Waals surface area contributed by atoms with Crippen LogP contribution in [0.3, 0.4) is 0 Å². The Hall–Kier alpha value is -1.65. The van der Waals surface area contributed by atoms with Gasteiger partial charge >= 0.3 is 0 Å². The van der Waals surface area contributed by atoms with Crippen LogP contribution >= 0.6 is 24.0 Å². The molecule has 0 N–H and O–H groups in total. The predicted molar refractivity (Wildman–Crippen MR) is 78.7 cm³/mol. The van der Waals surface area contributed by atoms with Gasteiger partial charge in [-0.05, 0) is 31.2 Å². The van der Waals surface area contributed by atoms with Crippen molar-refractivity contribution < 1.29 is 0 Å². The lowest BCUT2D eigenvalue weighted by molar-refractivity contribution is 0.660. The van der Waals surface area contributed by atoms with Crippen LogP contribution in [0.2, 0.25) is 5.15 Å². The van der Waals surface area contributed by atoms with Gasteiger partial charge in [-0.2, -0.15) is 5.10 Å². The first-order valence-corrected chi connectivity index (χ1v) is 6.10. The van der Waals surface area contributed by atoms with Crippen LogP contribution in [-0.4, -0.2) is 19.7 Å². The average Bonchev–Trinajstić information content (AvgIpc) is 2.87. The monoisotopic (exact) mass is 294 g/mol. The second-order valence-corrected chi connectivity index (χ2v) is 4.34. The van der Waals surface area contributed by atoms with Crippen molar-refractivity contribution in [2.45, 2.75) is 13.5 Å². The van der Waals surface area contributed by atoms with Gasteiger partial charge in [0, 0.05) is 18.3 Å². The Bertz CT molecular complexity index is 709. The normalized spacial score (nSPS) is 10.4. The molecular weight excluding hydrogens is 283 g/mol. The summed E-state index contributed by atoms with van der Waals surface area (Å²) in [6.45, 7) is 2.90. The number of fused-ring (bicyclic) bond motifs is 1. The zero-order chi connectivity index (χ0) is 12.5. The molecule has 98 valence electrons. The molecule has 3 aromatic rings. The van der Waals surface area contributed by atoms with Gasteiger partial charge in [0.1, 0.15) is 5.15 Å². The van der Waals surface area contributed by atoms with E-state index in [0.29, 0.717) is 5.15 Å². The molecule has 3 rings (SSSR count). The molecular formula is C13H12Cl2N4. The predicted octanol–water partition coefficient (Wildman–Crippen LogP) is 3.59. The van der Waals surface area contributed by atoms with Crippen molar-refractivity contribution in [2.24, 2.45) is 0 Å². The van der Waals surface area contributed by atoms with Gasteiger partial charge in [0.2, 0.25) is 0 Å². The summed E-state index contributed by atoms with van der Waals surface area (Å²) in [5.74, 6) is 0. The molecule has 3 heterocycles. The minimum Gasteiger partial charge on any atom is -0.272 e. The first kappa shape index (κ1) is 13.8. The number of hydrogen-bond donors (Lipinski definition) is 0. The van der Waals surface area contributed by atoms with E-state index in [-0.39, 0.29) is 12.4 Å². The first-order valence-electron chi connectivity index (χ1n) is 5.72. The summed E-state index contributed by atoms with van der Waals surface area (Å²) in [5.41, 5.74) is 3.54. The average molecular weight is 295 g/mol. The largest absolute Gasteiger partial charge is 0.272 e. The van der Waals surface area contributed by atoms with Crippen molar-refractivity contribution in [1.82, 2.24) is 19.7 Å². The molecule has 0 amide bonds. The quantitative estimate of drug-likeness (QED) is 0.679. The standard InChI is InChI=1S/C13H11ClN4.ClH/c1-2-18-8-9(7-15-18)10-3-4-12-11(16-10)5-6-13(14)17-12;/h3-8H,2H2,1H3;1H. The fourth-order valence-electron chi connectivity index (χ4n) is 1.81. The van der Waals surface area contributed by atoms with Gasteiger partial charge < -0.3 is 0 Å². The van der Waals surface area contributed by atoms with Gasteiger partial charge in [-0.1, -0.05) is 11.6 Å². The topological polar surface area (TPSA) is 43.6 Å². The minimum atomic E-state index is 0. The Balaban J connectivity index is 0.00000133. The number of rotatable bonds is 2. The molecule has 0 atom stereocenters. The number of halogens is 2. The van der Waals surface area contributed by atoms with Gasteiger partial charge in [0.15, 0.2) is 0 Å². The highest BCUT2D eigenvalue weighted by Gasteiger charge is 2.05. The molecule has 0 aromatic carbocycles. The Morgan fingerprint density at radius 1 is 1.11 bits per heavy atom.